The Morgan fingerprint density at radius 2 is 1.96 bits per heavy atom. The van der Waals surface area contributed by atoms with Crippen LogP contribution >= 0.6 is 0 Å². The molecule has 1 amide bonds. The van der Waals surface area contributed by atoms with Crippen LogP contribution in [-0.4, -0.2) is 34.1 Å². The number of aliphatic hydroxyl groups is 1. The minimum Gasteiger partial charge on any atom is -0.388 e. The zero-order chi connectivity index (χ0) is 17.4. The number of fused-ring (bicyclic) bond motifs is 1. The van der Waals surface area contributed by atoms with Crippen LogP contribution < -0.4 is 5.32 Å². The molecule has 24 heavy (non-hydrogen) atoms. The monoisotopic (exact) mass is 334 g/mol. The van der Waals surface area contributed by atoms with Gasteiger partial charge in [0.25, 0.3) is 5.91 Å². The number of pyridine rings is 1. The number of benzene rings is 1. The minimum atomic E-state index is -2.71. The van der Waals surface area contributed by atoms with E-state index in [-0.39, 0.29) is 38.1 Å². The Labute approximate surface area is 138 Å². The van der Waals surface area contributed by atoms with E-state index in [2.05, 4.69) is 10.3 Å². The summed E-state index contributed by atoms with van der Waals surface area (Å²) in [5, 5.41) is 13.9. The maximum absolute atomic E-state index is 13.2. The van der Waals surface area contributed by atoms with Crippen molar-refractivity contribution in [2.75, 3.05) is 6.54 Å². The van der Waals surface area contributed by atoms with Crippen LogP contribution in [0.15, 0.2) is 30.5 Å². The number of amides is 1. The van der Waals surface area contributed by atoms with E-state index in [0.717, 1.165) is 10.9 Å². The normalized spacial score (nSPS) is 19.2. The third kappa shape index (κ3) is 3.38. The van der Waals surface area contributed by atoms with Crippen LogP contribution in [0.4, 0.5) is 8.78 Å². The van der Waals surface area contributed by atoms with Gasteiger partial charge in [0.2, 0.25) is 5.92 Å². The molecule has 1 aromatic heterocycles. The van der Waals surface area contributed by atoms with Gasteiger partial charge in [0.15, 0.2) is 0 Å². The number of nitrogens with zero attached hydrogens (tertiary/aromatic N) is 1. The van der Waals surface area contributed by atoms with Gasteiger partial charge in [0.05, 0.1) is 16.7 Å². The molecule has 1 aromatic carbocycles. The van der Waals surface area contributed by atoms with Crippen molar-refractivity contribution in [1.29, 1.82) is 0 Å². The lowest BCUT2D eigenvalue weighted by Crippen LogP contribution is -2.47. The van der Waals surface area contributed by atoms with Crippen LogP contribution in [0.5, 0.6) is 0 Å². The van der Waals surface area contributed by atoms with Gasteiger partial charge >= 0.3 is 0 Å². The first-order chi connectivity index (χ1) is 11.3. The van der Waals surface area contributed by atoms with Gasteiger partial charge in [0.1, 0.15) is 0 Å². The van der Waals surface area contributed by atoms with Crippen molar-refractivity contribution in [3.05, 3.63) is 41.6 Å². The maximum atomic E-state index is 13.2. The molecule has 0 bridgehead atoms. The number of hydrogen-bond acceptors (Lipinski definition) is 3. The number of rotatable bonds is 3. The summed E-state index contributed by atoms with van der Waals surface area (Å²) in [6, 6.07) is 7.24. The number of nitrogens with one attached hydrogen (secondary N) is 1. The van der Waals surface area contributed by atoms with Crippen molar-refractivity contribution in [3.8, 4) is 0 Å². The van der Waals surface area contributed by atoms with Crippen LogP contribution in [-0.2, 0) is 0 Å². The van der Waals surface area contributed by atoms with E-state index in [0.29, 0.717) is 11.1 Å². The van der Waals surface area contributed by atoms with E-state index < -0.39 is 11.5 Å². The van der Waals surface area contributed by atoms with E-state index in [1.54, 1.807) is 12.3 Å². The van der Waals surface area contributed by atoms with Crippen molar-refractivity contribution < 1.29 is 18.7 Å². The third-order valence-corrected chi connectivity index (χ3v) is 4.71. The molecule has 128 valence electrons. The average Bonchev–Trinajstić information content (AvgIpc) is 2.56. The lowest BCUT2D eigenvalue weighted by molar-refractivity contribution is -0.101. The molecule has 2 N–H and O–H groups in total. The molecule has 1 saturated carbocycles. The standard InChI is InChI=1S/C18H20F2N2O2/c1-12-4-5-14-13(3-2-10-21-14)15(12)16(23)22-11-17(24)6-8-18(19,20)9-7-17/h2-5,10,24H,6-9,11H2,1H3,(H,22,23). The molecule has 0 spiro atoms. The predicted molar refractivity (Wildman–Crippen MR) is 87.2 cm³/mol. The topological polar surface area (TPSA) is 62.2 Å². The zero-order valence-corrected chi connectivity index (χ0v) is 13.5. The molecule has 4 nitrogen and oxygen atoms in total. The summed E-state index contributed by atoms with van der Waals surface area (Å²) in [6.45, 7) is 1.80. The molecule has 0 radical (unpaired) electrons. The molecule has 0 saturated heterocycles. The highest BCUT2D eigenvalue weighted by atomic mass is 19.3. The lowest BCUT2D eigenvalue weighted by atomic mass is 9.82. The molecule has 0 atom stereocenters. The van der Waals surface area contributed by atoms with Crippen molar-refractivity contribution >= 4 is 16.8 Å². The van der Waals surface area contributed by atoms with Gasteiger partial charge in [-0.3, -0.25) is 9.78 Å². The summed E-state index contributed by atoms with van der Waals surface area (Å²) < 4.78 is 26.5. The largest absolute Gasteiger partial charge is 0.388 e. The van der Waals surface area contributed by atoms with Crippen molar-refractivity contribution in [2.45, 2.75) is 44.1 Å². The summed E-state index contributed by atoms with van der Waals surface area (Å²) in [5.41, 5.74) is 0.749. The number of aryl methyl sites for hydroxylation is 1. The van der Waals surface area contributed by atoms with Crippen molar-refractivity contribution in [2.24, 2.45) is 0 Å². The van der Waals surface area contributed by atoms with Gasteiger partial charge in [-0.2, -0.15) is 0 Å². The van der Waals surface area contributed by atoms with Crippen molar-refractivity contribution in [3.63, 3.8) is 0 Å². The Kier molecular flexibility index (Phi) is 4.25. The lowest BCUT2D eigenvalue weighted by Gasteiger charge is -2.36. The molecule has 1 aliphatic rings. The molecule has 3 rings (SSSR count). The molecular weight excluding hydrogens is 314 g/mol. The molecule has 1 aliphatic carbocycles. The summed E-state index contributed by atoms with van der Waals surface area (Å²) in [6.07, 6.45) is 0.921. The Bertz CT molecular complexity index is 767. The van der Waals surface area contributed by atoms with E-state index in [1.807, 2.05) is 25.1 Å². The first kappa shape index (κ1) is 16.8. The fraction of sp³-hybridized carbons (Fsp3) is 0.444. The summed E-state index contributed by atoms with van der Waals surface area (Å²) in [5.74, 6) is -3.04. The van der Waals surface area contributed by atoms with Crippen LogP contribution in [0.2, 0.25) is 0 Å². The summed E-state index contributed by atoms with van der Waals surface area (Å²) >= 11 is 0. The minimum absolute atomic E-state index is 0.0175. The highest BCUT2D eigenvalue weighted by molar-refractivity contribution is 6.07. The Hall–Kier alpha value is -2.08. The second kappa shape index (κ2) is 6.09. The second-order valence-electron chi connectivity index (χ2n) is 6.59. The van der Waals surface area contributed by atoms with Gasteiger partial charge in [-0.05, 0) is 37.5 Å². The predicted octanol–water partition coefficient (Wildman–Crippen LogP) is 3.21. The quantitative estimate of drug-likeness (QED) is 0.906. The SMILES string of the molecule is Cc1ccc2ncccc2c1C(=O)NCC1(O)CCC(F)(F)CC1. The van der Waals surface area contributed by atoms with Gasteiger partial charge in [-0.15, -0.1) is 0 Å². The van der Waals surface area contributed by atoms with Gasteiger partial charge in [-0.1, -0.05) is 12.1 Å². The van der Waals surface area contributed by atoms with E-state index in [9.17, 15) is 18.7 Å². The molecule has 0 aliphatic heterocycles. The van der Waals surface area contributed by atoms with Crippen LogP contribution in [0.3, 0.4) is 0 Å². The first-order valence-electron chi connectivity index (χ1n) is 8.02. The number of carbonyl (C=O) groups is 1. The Morgan fingerprint density at radius 3 is 2.67 bits per heavy atom. The Balaban J connectivity index is 1.76. The molecule has 2 aromatic rings. The van der Waals surface area contributed by atoms with Crippen molar-refractivity contribution in [1.82, 2.24) is 10.3 Å². The first-order valence-corrected chi connectivity index (χ1v) is 8.02. The Morgan fingerprint density at radius 1 is 1.25 bits per heavy atom. The van der Waals surface area contributed by atoms with Gasteiger partial charge in [0, 0.05) is 31.0 Å². The van der Waals surface area contributed by atoms with Gasteiger partial charge < -0.3 is 10.4 Å². The molecule has 6 heteroatoms. The van der Waals surface area contributed by atoms with E-state index in [1.165, 1.54) is 0 Å². The van der Waals surface area contributed by atoms with Crippen LogP contribution in [0.1, 0.15) is 41.6 Å². The fourth-order valence-corrected chi connectivity index (χ4v) is 3.15. The molecule has 0 unspecified atom stereocenters. The second-order valence-corrected chi connectivity index (χ2v) is 6.59. The molecular formula is C18H20F2N2O2. The highest BCUT2D eigenvalue weighted by Crippen LogP contribution is 2.38. The van der Waals surface area contributed by atoms with Crippen LogP contribution in [0, 0.1) is 6.92 Å². The van der Waals surface area contributed by atoms with Crippen LogP contribution in [0.25, 0.3) is 10.9 Å². The average molecular weight is 334 g/mol. The fourth-order valence-electron chi connectivity index (χ4n) is 3.15. The van der Waals surface area contributed by atoms with E-state index >= 15 is 0 Å². The number of aromatic nitrogens is 1. The van der Waals surface area contributed by atoms with E-state index in [4.69, 9.17) is 0 Å². The highest BCUT2D eigenvalue weighted by Gasteiger charge is 2.42. The third-order valence-electron chi connectivity index (χ3n) is 4.71. The smallest absolute Gasteiger partial charge is 0.252 e. The van der Waals surface area contributed by atoms with Gasteiger partial charge in [-0.25, -0.2) is 8.78 Å². The number of alkyl halides is 2. The molecule has 1 fully saturated rings. The summed E-state index contributed by atoms with van der Waals surface area (Å²) in [7, 11) is 0. The maximum Gasteiger partial charge on any atom is 0.252 e. The number of halogens is 2. The number of carbonyl (C=O) groups excluding carboxylic acids is 1. The zero-order valence-electron chi connectivity index (χ0n) is 13.5. The summed E-state index contributed by atoms with van der Waals surface area (Å²) in [4.78, 5) is 16.8. The molecule has 1 heterocycles. The number of hydrogen-bond donors (Lipinski definition) is 2.